The third-order valence-corrected chi connectivity index (χ3v) is 5.12. The minimum absolute atomic E-state index is 0.0934. The lowest BCUT2D eigenvalue weighted by atomic mass is 10.3. The van der Waals surface area contributed by atoms with Crippen LogP contribution in [0.3, 0.4) is 0 Å². The first-order valence-electron chi connectivity index (χ1n) is 7.03. The molecule has 0 saturated carbocycles. The largest absolute Gasteiger partial charge is 0.324 e. The molecule has 1 heterocycles. The van der Waals surface area contributed by atoms with Gasteiger partial charge in [0.25, 0.3) is 5.56 Å². The quantitative estimate of drug-likeness (QED) is 0.538. The number of carbonyl (C=O) groups is 1. The fraction of sp³-hybridized carbons (Fsp3) is 0.267. The summed E-state index contributed by atoms with van der Waals surface area (Å²) in [5, 5.41) is 3.99. The van der Waals surface area contributed by atoms with E-state index in [1.54, 1.807) is 30.0 Å². The van der Waals surface area contributed by atoms with Crippen LogP contribution in [0.5, 0.6) is 0 Å². The van der Waals surface area contributed by atoms with E-state index < -0.39 is 0 Å². The molecule has 2 N–H and O–H groups in total. The van der Waals surface area contributed by atoms with Crippen LogP contribution in [0.4, 0.5) is 5.69 Å². The van der Waals surface area contributed by atoms with E-state index >= 15 is 0 Å². The molecule has 0 unspecified atom stereocenters. The third-order valence-electron chi connectivity index (χ3n) is 2.77. The molecule has 128 valence electrons. The topological polar surface area (TPSA) is 74.8 Å². The number of nitrogens with one attached hydrogen (secondary N) is 2. The molecule has 0 radical (unpaired) electrons. The summed E-state index contributed by atoms with van der Waals surface area (Å²) in [6, 6.07) is 6.30. The maximum Gasteiger partial charge on any atom is 0.251 e. The van der Waals surface area contributed by atoms with Crippen molar-refractivity contribution in [3.63, 3.8) is 0 Å². The van der Waals surface area contributed by atoms with Crippen LogP contribution in [0, 0.1) is 0 Å². The number of hydrogen-bond acceptors (Lipinski definition) is 5. The van der Waals surface area contributed by atoms with Gasteiger partial charge in [0.2, 0.25) is 5.91 Å². The van der Waals surface area contributed by atoms with Gasteiger partial charge in [-0.3, -0.25) is 9.59 Å². The maximum atomic E-state index is 12.0. The van der Waals surface area contributed by atoms with Gasteiger partial charge in [-0.1, -0.05) is 41.9 Å². The molecule has 24 heavy (non-hydrogen) atoms. The fourth-order valence-electron chi connectivity index (χ4n) is 1.75. The Bertz CT molecular complexity index is 784. The second kappa shape index (κ2) is 9.36. The van der Waals surface area contributed by atoms with Crippen LogP contribution in [-0.4, -0.2) is 27.4 Å². The van der Waals surface area contributed by atoms with Gasteiger partial charge >= 0.3 is 0 Å². The third kappa shape index (κ3) is 6.05. The number of aromatic amines is 1. The molecule has 5 nitrogen and oxygen atoms in total. The summed E-state index contributed by atoms with van der Waals surface area (Å²) in [5.74, 6) is 1.44. The number of halogens is 2. The van der Waals surface area contributed by atoms with Gasteiger partial charge in [0.05, 0.1) is 22.2 Å². The first kappa shape index (κ1) is 19.2. The van der Waals surface area contributed by atoms with E-state index in [1.165, 1.54) is 6.07 Å². The number of carbonyl (C=O) groups excluding carboxylic acids is 1. The molecule has 9 heteroatoms. The van der Waals surface area contributed by atoms with Crippen LogP contribution >= 0.6 is 46.7 Å². The number of benzene rings is 1. The van der Waals surface area contributed by atoms with E-state index in [1.807, 2.05) is 6.92 Å². The summed E-state index contributed by atoms with van der Waals surface area (Å²) in [7, 11) is 0. The van der Waals surface area contributed by atoms with Crippen molar-refractivity contribution in [3.05, 3.63) is 50.4 Å². The second-order valence-electron chi connectivity index (χ2n) is 4.64. The number of H-pyrrole nitrogens is 1. The zero-order valence-electron chi connectivity index (χ0n) is 12.8. The van der Waals surface area contributed by atoms with Gasteiger partial charge < -0.3 is 10.3 Å². The Morgan fingerprint density at radius 3 is 2.88 bits per heavy atom. The molecule has 0 atom stereocenters. The Kier molecular flexibility index (Phi) is 7.48. The molecule has 0 fully saturated rings. The minimum atomic E-state index is -0.264. The zero-order chi connectivity index (χ0) is 17.5. The highest BCUT2D eigenvalue weighted by Gasteiger charge is 2.09. The average Bonchev–Trinajstić information content (AvgIpc) is 2.54. The van der Waals surface area contributed by atoms with Crippen molar-refractivity contribution >= 4 is 58.3 Å². The summed E-state index contributed by atoms with van der Waals surface area (Å²) in [6.45, 7) is 2.04. The Labute approximate surface area is 157 Å². The maximum absolute atomic E-state index is 12.0. The summed E-state index contributed by atoms with van der Waals surface area (Å²) in [4.78, 5) is 30.6. The molecule has 0 spiro atoms. The number of hydrogen-bond donors (Lipinski definition) is 2. The highest BCUT2D eigenvalue weighted by Crippen LogP contribution is 2.25. The molecule has 1 aromatic carbocycles. The van der Waals surface area contributed by atoms with Gasteiger partial charge in [0.15, 0.2) is 5.16 Å². The highest BCUT2D eigenvalue weighted by atomic mass is 35.5. The lowest BCUT2D eigenvalue weighted by Crippen LogP contribution is -2.16. The van der Waals surface area contributed by atoms with E-state index in [2.05, 4.69) is 15.3 Å². The first-order chi connectivity index (χ1) is 11.5. The molecular weight excluding hydrogens is 389 g/mol. The van der Waals surface area contributed by atoms with E-state index in [4.69, 9.17) is 23.2 Å². The van der Waals surface area contributed by atoms with Crippen LogP contribution in [0.2, 0.25) is 10.0 Å². The molecule has 1 amide bonds. The first-order valence-corrected chi connectivity index (χ1v) is 9.93. The van der Waals surface area contributed by atoms with E-state index in [9.17, 15) is 9.59 Å². The molecule has 0 aliphatic heterocycles. The van der Waals surface area contributed by atoms with Crippen molar-refractivity contribution in [3.8, 4) is 0 Å². The van der Waals surface area contributed by atoms with Crippen molar-refractivity contribution in [2.45, 2.75) is 17.8 Å². The van der Waals surface area contributed by atoms with Gasteiger partial charge in [-0.05, 0) is 24.0 Å². The van der Waals surface area contributed by atoms with Crippen LogP contribution in [-0.2, 0) is 10.5 Å². The SMILES string of the molecule is CCSCc1cc(=O)[nH]c(SCC(=O)Nc2cc(Cl)ccc2Cl)n1. The van der Waals surface area contributed by atoms with Crippen molar-refractivity contribution in [1.82, 2.24) is 9.97 Å². The van der Waals surface area contributed by atoms with Crippen LogP contribution < -0.4 is 10.9 Å². The van der Waals surface area contributed by atoms with Crippen LogP contribution in [0.15, 0.2) is 34.2 Å². The van der Waals surface area contributed by atoms with Gasteiger partial charge in [-0.15, -0.1) is 0 Å². The Hall–Kier alpha value is -1.15. The average molecular weight is 404 g/mol. The van der Waals surface area contributed by atoms with Crippen molar-refractivity contribution in [2.75, 3.05) is 16.8 Å². The molecule has 0 saturated heterocycles. The van der Waals surface area contributed by atoms with Crippen LogP contribution in [0.25, 0.3) is 0 Å². The van der Waals surface area contributed by atoms with Gasteiger partial charge in [0.1, 0.15) is 0 Å². The van der Waals surface area contributed by atoms with E-state index in [-0.39, 0.29) is 17.2 Å². The monoisotopic (exact) mass is 403 g/mol. The molecule has 0 aliphatic carbocycles. The standard InChI is InChI=1S/C15H15Cl2N3O2S2/c1-2-23-7-10-6-13(21)20-15(18-10)24-8-14(22)19-12-5-9(16)3-4-11(12)17/h3-6H,2,7-8H2,1H3,(H,19,22)(H,18,20,21). The van der Waals surface area contributed by atoms with Crippen molar-refractivity contribution in [2.24, 2.45) is 0 Å². The molecular formula is C15H15Cl2N3O2S2. The molecule has 0 aliphatic rings. The Balaban J connectivity index is 1.97. The Morgan fingerprint density at radius 2 is 2.12 bits per heavy atom. The lowest BCUT2D eigenvalue weighted by molar-refractivity contribution is -0.113. The fourth-order valence-corrected chi connectivity index (χ4v) is 3.34. The van der Waals surface area contributed by atoms with Gasteiger partial charge in [-0.2, -0.15) is 11.8 Å². The summed E-state index contributed by atoms with van der Waals surface area (Å²) in [5.41, 5.74) is 0.924. The predicted octanol–water partition coefficient (Wildman–Crippen LogP) is 4.06. The smallest absolute Gasteiger partial charge is 0.251 e. The normalized spacial score (nSPS) is 10.6. The number of aromatic nitrogens is 2. The number of anilines is 1. The van der Waals surface area contributed by atoms with Gasteiger partial charge in [-0.25, -0.2) is 4.98 Å². The number of thioether (sulfide) groups is 2. The predicted molar refractivity (Wildman–Crippen MR) is 103 cm³/mol. The lowest BCUT2D eigenvalue weighted by Gasteiger charge is -2.07. The second-order valence-corrected chi connectivity index (χ2v) is 7.72. The molecule has 2 rings (SSSR count). The van der Waals surface area contributed by atoms with Crippen molar-refractivity contribution < 1.29 is 4.79 Å². The summed E-state index contributed by atoms with van der Waals surface area (Å²) >= 11 is 14.7. The van der Waals surface area contributed by atoms with E-state index in [0.717, 1.165) is 17.5 Å². The molecule has 0 bridgehead atoms. The highest BCUT2D eigenvalue weighted by molar-refractivity contribution is 7.99. The van der Waals surface area contributed by atoms with Gasteiger partial charge in [0, 0.05) is 16.8 Å². The number of rotatable bonds is 7. The molecule has 2 aromatic rings. The minimum Gasteiger partial charge on any atom is -0.324 e. The molecule has 1 aromatic heterocycles. The summed E-state index contributed by atoms with van der Waals surface area (Å²) in [6.07, 6.45) is 0. The van der Waals surface area contributed by atoms with E-state index in [0.29, 0.717) is 32.3 Å². The van der Waals surface area contributed by atoms with Crippen LogP contribution in [0.1, 0.15) is 12.6 Å². The van der Waals surface area contributed by atoms with Crippen molar-refractivity contribution in [1.29, 1.82) is 0 Å². The Morgan fingerprint density at radius 1 is 1.33 bits per heavy atom. The number of amides is 1. The summed E-state index contributed by atoms with van der Waals surface area (Å²) < 4.78 is 0. The number of nitrogens with zero attached hydrogens (tertiary/aromatic N) is 1. The zero-order valence-corrected chi connectivity index (χ0v) is 15.9.